The summed E-state index contributed by atoms with van der Waals surface area (Å²) < 4.78 is 11.1. The van der Waals surface area contributed by atoms with Gasteiger partial charge in [-0.1, -0.05) is 11.6 Å². The van der Waals surface area contributed by atoms with E-state index in [0.29, 0.717) is 23.0 Å². The van der Waals surface area contributed by atoms with Gasteiger partial charge in [-0.15, -0.1) is 0 Å². The second-order valence-corrected chi connectivity index (χ2v) is 10.3. The van der Waals surface area contributed by atoms with Crippen molar-refractivity contribution in [2.24, 2.45) is 11.7 Å². The smallest absolute Gasteiger partial charge is 0.152 e. The fraction of sp³-hybridized carbons (Fsp3) is 0.615. The molecule has 1 aliphatic carbocycles. The van der Waals surface area contributed by atoms with Gasteiger partial charge in [-0.3, -0.25) is 0 Å². The molecule has 0 spiro atoms. The highest BCUT2D eigenvalue weighted by Crippen LogP contribution is 2.35. The van der Waals surface area contributed by atoms with E-state index >= 15 is 0 Å². The van der Waals surface area contributed by atoms with Gasteiger partial charge in [0.25, 0.3) is 0 Å². The van der Waals surface area contributed by atoms with Crippen LogP contribution in [0.3, 0.4) is 0 Å². The molecule has 0 radical (unpaired) electrons. The first-order valence-corrected chi connectivity index (χ1v) is 13.4. The van der Waals surface area contributed by atoms with Crippen LogP contribution >= 0.6 is 11.6 Å². The Hall–Kier alpha value is -2.13. The van der Waals surface area contributed by atoms with Crippen molar-refractivity contribution < 1.29 is 9.47 Å². The molecular formula is C26H37ClN6O2. The molecule has 0 bridgehead atoms. The van der Waals surface area contributed by atoms with Gasteiger partial charge in [0.2, 0.25) is 0 Å². The monoisotopic (exact) mass is 500 g/mol. The SMILES string of the molecule is N[C@H]1CC[C@H](Nc2cc(-c3cnc(N4CCOCC4)c(NCC4CCOCC4)c3)c(Cl)cn2)CC1. The molecule has 2 aliphatic heterocycles. The topological polar surface area (TPSA) is 97.6 Å². The third kappa shape index (κ3) is 6.36. The Bertz CT molecular complexity index is 972. The van der Waals surface area contributed by atoms with Crippen LogP contribution in [-0.4, -0.2) is 68.1 Å². The maximum atomic E-state index is 6.64. The van der Waals surface area contributed by atoms with Crippen molar-refractivity contribution in [3.63, 3.8) is 0 Å². The number of anilines is 3. The largest absolute Gasteiger partial charge is 0.382 e. The van der Waals surface area contributed by atoms with Crippen molar-refractivity contribution in [3.8, 4) is 11.1 Å². The quantitative estimate of drug-likeness (QED) is 0.521. The zero-order valence-electron chi connectivity index (χ0n) is 20.3. The van der Waals surface area contributed by atoms with Crippen LogP contribution in [0.15, 0.2) is 24.5 Å². The maximum Gasteiger partial charge on any atom is 0.152 e. The number of nitrogens with two attached hydrogens (primary N) is 1. The molecule has 0 atom stereocenters. The lowest BCUT2D eigenvalue weighted by molar-refractivity contribution is 0.0699. The van der Waals surface area contributed by atoms with E-state index in [0.717, 1.165) is 113 Å². The molecule has 35 heavy (non-hydrogen) atoms. The fourth-order valence-electron chi connectivity index (χ4n) is 5.18. The zero-order valence-corrected chi connectivity index (χ0v) is 21.1. The van der Waals surface area contributed by atoms with Gasteiger partial charge in [0, 0.05) is 68.5 Å². The predicted molar refractivity (Wildman–Crippen MR) is 141 cm³/mol. The number of ether oxygens (including phenoxy) is 2. The molecule has 1 saturated carbocycles. The number of rotatable bonds is 7. The van der Waals surface area contributed by atoms with E-state index in [2.05, 4.69) is 26.6 Å². The molecule has 4 heterocycles. The molecule has 5 rings (SSSR count). The van der Waals surface area contributed by atoms with Gasteiger partial charge >= 0.3 is 0 Å². The van der Waals surface area contributed by atoms with Crippen molar-refractivity contribution in [1.29, 1.82) is 0 Å². The first-order valence-electron chi connectivity index (χ1n) is 13.0. The van der Waals surface area contributed by atoms with Gasteiger partial charge in [-0.25, -0.2) is 9.97 Å². The summed E-state index contributed by atoms with van der Waals surface area (Å²) in [5.74, 6) is 2.43. The minimum absolute atomic E-state index is 0.324. The number of nitrogens with zero attached hydrogens (tertiary/aromatic N) is 3. The summed E-state index contributed by atoms with van der Waals surface area (Å²) in [7, 11) is 0. The summed E-state index contributed by atoms with van der Waals surface area (Å²) in [5, 5.41) is 7.92. The second kappa shape index (κ2) is 11.7. The Kier molecular flexibility index (Phi) is 8.24. The Labute approximate surface area is 212 Å². The number of aromatic nitrogens is 2. The summed E-state index contributed by atoms with van der Waals surface area (Å²) in [6.07, 6.45) is 10.1. The van der Waals surface area contributed by atoms with Gasteiger partial charge in [0.05, 0.1) is 23.9 Å². The van der Waals surface area contributed by atoms with Crippen LogP contribution in [0.5, 0.6) is 0 Å². The maximum absolute atomic E-state index is 6.64. The van der Waals surface area contributed by atoms with Gasteiger partial charge in [0.1, 0.15) is 5.82 Å². The average Bonchev–Trinajstić information content (AvgIpc) is 2.91. The first kappa shape index (κ1) is 24.6. The van der Waals surface area contributed by atoms with Crippen molar-refractivity contribution in [1.82, 2.24) is 9.97 Å². The van der Waals surface area contributed by atoms with Crippen LogP contribution in [0.25, 0.3) is 11.1 Å². The number of nitrogens with one attached hydrogen (secondary N) is 2. The molecule has 190 valence electrons. The third-order valence-corrected chi connectivity index (χ3v) is 7.69. The Morgan fingerprint density at radius 2 is 1.69 bits per heavy atom. The summed E-state index contributed by atoms with van der Waals surface area (Å²) in [6.45, 7) is 5.72. The van der Waals surface area contributed by atoms with Crippen LogP contribution in [0.4, 0.5) is 17.3 Å². The van der Waals surface area contributed by atoms with Gasteiger partial charge < -0.3 is 30.7 Å². The second-order valence-electron chi connectivity index (χ2n) is 9.94. The molecule has 8 nitrogen and oxygen atoms in total. The predicted octanol–water partition coefficient (Wildman–Crippen LogP) is 4.15. The molecule has 3 aliphatic rings. The first-order chi connectivity index (χ1) is 17.2. The highest BCUT2D eigenvalue weighted by molar-refractivity contribution is 6.33. The molecule has 0 amide bonds. The lowest BCUT2D eigenvalue weighted by Crippen LogP contribution is -2.37. The number of halogens is 1. The van der Waals surface area contributed by atoms with Crippen LogP contribution in [0, 0.1) is 5.92 Å². The lowest BCUT2D eigenvalue weighted by Gasteiger charge is -2.30. The van der Waals surface area contributed by atoms with E-state index < -0.39 is 0 Å². The van der Waals surface area contributed by atoms with Crippen LogP contribution in [0.1, 0.15) is 38.5 Å². The highest BCUT2D eigenvalue weighted by Gasteiger charge is 2.21. The molecule has 4 N–H and O–H groups in total. The lowest BCUT2D eigenvalue weighted by atomic mass is 9.92. The van der Waals surface area contributed by atoms with Gasteiger partial charge in [-0.05, 0) is 56.6 Å². The Balaban J connectivity index is 1.38. The number of morpholine rings is 1. The van der Waals surface area contributed by atoms with E-state index in [1.54, 1.807) is 6.20 Å². The molecule has 0 aromatic carbocycles. The van der Waals surface area contributed by atoms with Crippen molar-refractivity contribution in [2.45, 2.75) is 50.6 Å². The molecule has 2 saturated heterocycles. The minimum atomic E-state index is 0.324. The zero-order chi connectivity index (χ0) is 24.0. The summed E-state index contributed by atoms with van der Waals surface area (Å²) in [5.41, 5.74) is 9.03. The van der Waals surface area contributed by atoms with Crippen molar-refractivity contribution in [3.05, 3.63) is 29.5 Å². The van der Waals surface area contributed by atoms with E-state index in [4.69, 9.17) is 31.8 Å². The number of hydrogen-bond acceptors (Lipinski definition) is 8. The van der Waals surface area contributed by atoms with Crippen LogP contribution < -0.4 is 21.3 Å². The summed E-state index contributed by atoms with van der Waals surface area (Å²) in [4.78, 5) is 11.8. The average molecular weight is 501 g/mol. The number of hydrogen-bond donors (Lipinski definition) is 3. The minimum Gasteiger partial charge on any atom is -0.382 e. The summed E-state index contributed by atoms with van der Waals surface area (Å²) in [6, 6.07) is 4.95. The van der Waals surface area contributed by atoms with E-state index in [1.807, 2.05) is 12.3 Å². The van der Waals surface area contributed by atoms with Gasteiger partial charge in [-0.2, -0.15) is 0 Å². The molecular weight excluding hydrogens is 464 g/mol. The van der Waals surface area contributed by atoms with Gasteiger partial charge in [0.15, 0.2) is 5.82 Å². The van der Waals surface area contributed by atoms with Crippen LogP contribution in [0.2, 0.25) is 5.02 Å². The van der Waals surface area contributed by atoms with E-state index in [-0.39, 0.29) is 0 Å². The molecule has 0 unspecified atom stereocenters. The normalized spacial score (nSPS) is 23.8. The van der Waals surface area contributed by atoms with E-state index in [9.17, 15) is 0 Å². The standard InChI is InChI=1S/C26H37ClN6O2/c27-23-17-30-25(32-21-3-1-20(28)2-4-21)14-22(23)19-13-24(29-15-18-5-9-34-10-6-18)26(31-16-19)33-7-11-35-12-8-33/h13-14,16-18,20-21,29H,1-12,15,28H2,(H,30,32)/t20-,21-. The van der Waals surface area contributed by atoms with Crippen LogP contribution in [-0.2, 0) is 9.47 Å². The highest BCUT2D eigenvalue weighted by atomic mass is 35.5. The molecule has 3 fully saturated rings. The van der Waals surface area contributed by atoms with E-state index in [1.165, 1.54) is 0 Å². The van der Waals surface area contributed by atoms with Crippen molar-refractivity contribution in [2.75, 3.05) is 61.6 Å². The van der Waals surface area contributed by atoms with Crippen molar-refractivity contribution >= 4 is 28.9 Å². The Morgan fingerprint density at radius 3 is 2.46 bits per heavy atom. The molecule has 2 aromatic rings. The third-order valence-electron chi connectivity index (χ3n) is 7.39. The molecule has 2 aromatic heterocycles. The molecule has 9 heteroatoms. The Morgan fingerprint density at radius 1 is 0.943 bits per heavy atom. The number of pyridine rings is 2. The summed E-state index contributed by atoms with van der Waals surface area (Å²) >= 11 is 6.64. The fourth-order valence-corrected chi connectivity index (χ4v) is 5.39.